The number of carbonyl (C=O) groups is 1. The largest absolute Gasteiger partial charge is 0.454 e. The Balaban J connectivity index is 1.62. The van der Waals surface area contributed by atoms with Crippen molar-refractivity contribution in [3.63, 3.8) is 0 Å². The van der Waals surface area contributed by atoms with Crippen molar-refractivity contribution in [2.24, 2.45) is 4.99 Å². The summed E-state index contributed by atoms with van der Waals surface area (Å²) in [7, 11) is 0. The molecule has 1 fully saturated rings. The molecule has 2 aromatic rings. The van der Waals surface area contributed by atoms with Gasteiger partial charge in [-0.25, -0.2) is 9.79 Å². The van der Waals surface area contributed by atoms with Gasteiger partial charge in [-0.15, -0.1) is 6.58 Å². The predicted octanol–water partition coefficient (Wildman–Crippen LogP) is 3.69. The average molecular weight is 376 g/mol. The molecule has 2 aromatic carbocycles. The van der Waals surface area contributed by atoms with Crippen LogP contribution in [0.15, 0.2) is 60.1 Å². The summed E-state index contributed by atoms with van der Waals surface area (Å²) in [5.74, 6) is 2.46. The van der Waals surface area contributed by atoms with Gasteiger partial charge in [0.05, 0.1) is 5.56 Å². The molecule has 4 rings (SSSR count). The summed E-state index contributed by atoms with van der Waals surface area (Å²) in [5.41, 5.74) is 2.96. The molecule has 2 aliphatic rings. The lowest BCUT2D eigenvalue weighted by atomic mass is 10.1. The molecular formula is C22H24N4O2. The standard InChI is InChI=1S/C22H24N4O2/c1-3-10-23-22(27)26-13-11-25(12-14-26)21-17-15-16(2)8-9-19(17)28-20-7-5-4-6-18(20)24-21/h3-9,15H,1,10-14H2,2H3,(H,23,27). The van der Waals surface area contributed by atoms with Crippen molar-refractivity contribution < 1.29 is 9.53 Å². The van der Waals surface area contributed by atoms with Crippen LogP contribution in [-0.2, 0) is 0 Å². The molecule has 1 N–H and O–H groups in total. The maximum Gasteiger partial charge on any atom is 0.317 e. The van der Waals surface area contributed by atoms with Gasteiger partial charge in [-0.3, -0.25) is 0 Å². The maximum atomic E-state index is 12.2. The Morgan fingerprint density at radius 1 is 1.18 bits per heavy atom. The third-order valence-corrected chi connectivity index (χ3v) is 4.95. The number of aliphatic imine (C=N–C) groups is 1. The SMILES string of the molecule is C=CCNC(=O)N1CCN(C2=Nc3ccccc3Oc3ccc(C)cc32)CC1. The monoisotopic (exact) mass is 376 g/mol. The van der Waals surface area contributed by atoms with E-state index < -0.39 is 0 Å². The van der Waals surface area contributed by atoms with Gasteiger partial charge in [-0.2, -0.15) is 0 Å². The first-order valence-electron chi connectivity index (χ1n) is 9.51. The Bertz CT molecular complexity index is 930. The Labute approximate surface area is 165 Å². The van der Waals surface area contributed by atoms with E-state index in [0.717, 1.165) is 47.2 Å². The fourth-order valence-electron chi connectivity index (χ4n) is 3.47. The molecule has 0 bridgehead atoms. The van der Waals surface area contributed by atoms with Crippen molar-refractivity contribution in [1.29, 1.82) is 0 Å². The molecule has 0 aromatic heterocycles. The van der Waals surface area contributed by atoms with Crippen LogP contribution in [0.2, 0.25) is 0 Å². The van der Waals surface area contributed by atoms with Gasteiger partial charge < -0.3 is 19.9 Å². The lowest BCUT2D eigenvalue weighted by Crippen LogP contribution is -2.53. The van der Waals surface area contributed by atoms with Crippen LogP contribution in [0.5, 0.6) is 11.5 Å². The number of nitrogens with one attached hydrogen (secondary N) is 1. The van der Waals surface area contributed by atoms with Crippen molar-refractivity contribution in [3.05, 3.63) is 66.2 Å². The molecule has 0 saturated carbocycles. The first-order valence-corrected chi connectivity index (χ1v) is 9.51. The van der Waals surface area contributed by atoms with Crippen LogP contribution in [0.1, 0.15) is 11.1 Å². The van der Waals surface area contributed by atoms with Gasteiger partial charge in [-0.05, 0) is 31.2 Å². The zero-order valence-corrected chi connectivity index (χ0v) is 16.0. The Morgan fingerprint density at radius 2 is 1.96 bits per heavy atom. The molecule has 0 unspecified atom stereocenters. The number of urea groups is 1. The minimum absolute atomic E-state index is 0.0488. The number of benzene rings is 2. The highest BCUT2D eigenvalue weighted by Gasteiger charge is 2.27. The summed E-state index contributed by atoms with van der Waals surface area (Å²) in [6.45, 7) is 8.91. The van der Waals surface area contributed by atoms with Gasteiger partial charge in [0.15, 0.2) is 5.75 Å². The maximum absolute atomic E-state index is 12.2. The number of amidine groups is 1. The topological polar surface area (TPSA) is 57.2 Å². The van der Waals surface area contributed by atoms with Crippen LogP contribution in [0.25, 0.3) is 0 Å². The van der Waals surface area contributed by atoms with Gasteiger partial charge >= 0.3 is 6.03 Å². The fraction of sp³-hybridized carbons (Fsp3) is 0.273. The predicted molar refractivity (Wildman–Crippen MR) is 111 cm³/mol. The third-order valence-electron chi connectivity index (χ3n) is 4.95. The zero-order chi connectivity index (χ0) is 19.5. The molecule has 0 spiro atoms. The number of piperazine rings is 1. The van der Waals surface area contributed by atoms with Gasteiger partial charge in [0.2, 0.25) is 0 Å². The lowest BCUT2D eigenvalue weighted by Gasteiger charge is -2.36. The van der Waals surface area contributed by atoms with Crippen LogP contribution in [0.4, 0.5) is 10.5 Å². The number of hydrogen-bond donors (Lipinski definition) is 1. The molecule has 0 atom stereocenters. The first kappa shape index (κ1) is 18.1. The highest BCUT2D eigenvalue weighted by Crippen LogP contribution is 2.38. The second-order valence-electron chi connectivity index (χ2n) is 6.95. The van der Waals surface area contributed by atoms with Crippen LogP contribution < -0.4 is 10.1 Å². The molecule has 1 saturated heterocycles. The number of nitrogens with zero attached hydrogens (tertiary/aromatic N) is 3. The second kappa shape index (κ2) is 7.76. The number of aryl methyl sites for hydroxylation is 1. The summed E-state index contributed by atoms with van der Waals surface area (Å²) in [5, 5.41) is 2.84. The van der Waals surface area contributed by atoms with Gasteiger partial charge in [0, 0.05) is 32.7 Å². The molecule has 0 aliphatic carbocycles. The zero-order valence-electron chi connectivity index (χ0n) is 16.0. The van der Waals surface area contributed by atoms with Gasteiger partial charge in [-0.1, -0.05) is 29.8 Å². The molecule has 6 heteroatoms. The smallest absolute Gasteiger partial charge is 0.317 e. The number of amides is 2. The van der Waals surface area contributed by atoms with E-state index >= 15 is 0 Å². The van der Waals surface area contributed by atoms with E-state index in [9.17, 15) is 4.79 Å². The molecule has 28 heavy (non-hydrogen) atoms. The highest BCUT2D eigenvalue weighted by molar-refractivity contribution is 6.04. The van der Waals surface area contributed by atoms with Crippen molar-refractivity contribution in [1.82, 2.24) is 15.1 Å². The minimum Gasteiger partial charge on any atom is -0.454 e. The molecule has 2 heterocycles. The minimum atomic E-state index is -0.0488. The van der Waals surface area contributed by atoms with Crippen molar-refractivity contribution in [3.8, 4) is 11.5 Å². The quantitative estimate of drug-likeness (QED) is 0.814. The Hall–Kier alpha value is -3.28. The molecular weight excluding hydrogens is 352 g/mol. The van der Waals surface area contributed by atoms with Crippen LogP contribution in [0.3, 0.4) is 0 Å². The second-order valence-corrected chi connectivity index (χ2v) is 6.95. The fourth-order valence-corrected chi connectivity index (χ4v) is 3.47. The van der Waals surface area contributed by atoms with Crippen LogP contribution >= 0.6 is 0 Å². The Kier molecular flexibility index (Phi) is 5.02. The van der Waals surface area contributed by atoms with E-state index in [-0.39, 0.29) is 6.03 Å². The molecule has 6 nitrogen and oxygen atoms in total. The first-order chi connectivity index (χ1) is 13.7. The third kappa shape index (κ3) is 3.58. The molecule has 2 amide bonds. The number of rotatable bonds is 2. The van der Waals surface area contributed by atoms with E-state index in [1.165, 1.54) is 0 Å². The number of hydrogen-bond acceptors (Lipinski definition) is 4. The summed E-state index contributed by atoms with van der Waals surface area (Å²) in [6, 6.07) is 13.9. The van der Waals surface area contributed by atoms with Crippen molar-refractivity contribution >= 4 is 17.6 Å². The van der Waals surface area contributed by atoms with Crippen molar-refractivity contribution in [2.75, 3.05) is 32.7 Å². The van der Waals surface area contributed by atoms with E-state index in [1.807, 2.05) is 41.3 Å². The van der Waals surface area contributed by atoms with Crippen LogP contribution in [0, 0.1) is 6.92 Å². The van der Waals surface area contributed by atoms with E-state index in [0.29, 0.717) is 19.6 Å². The van der Waals surface area contributed by atoms with E-state index in [2.05, 4.69) is 29.8 Å². The number of fused-ring (bicyclic) bond motifs is 2. The Morgan fingerprint density at radius 3 is 2.75 bits per heavy atom. The summed E-state index contributed by atoms with van der Waals surface area (Å²) < 4.78 is 6.16. The number of carbonyl (C=O) groups excluding carboxylic acids is 1. The van der Waals surface area contributed by atoms with Gasteiger partial charge in [0.1, 0.15) is 17.3 Å². The van der Waals surface area contributed by atoms with Crippen molar-refractivity contribution in [2.45, 2.75) is 6.92 Å². The highest BCUT2D eigenvalue weighted by atomic mass is 16.5. The normalized spacial score (nSPS) is 15.5. The summed E-state index contributed by atoms with van der Waals surface area (Å²) in [6.07, 6.45) is 1.69. The molecule has 2 aliphatic heterocycles. The van der Waals surface area contributed by atoms with Crippen LogP contribution in [-0.4, -0.2) is 54.4 Å². The molecule has 0 radical (unpaired) electrons. The van der Waals surface area contributed by atoms with E-state index in [4.69, 9.17) is 9.73 Å². The summed E-state index contributed by atoms with van der Waals surface area (Å²) in [4.78, 5) is 21.2. The van der Waals surface area contributed by atoms with E-state index in [1.54, 1.807) is 6.08 Å². The number of para-hydroxylation sites is 2. The molecule has 144 valence electrons. The summed E-state index contributed by atoms with van der Waals surface area (Å²) >= 11 is 0. The lowest BCUT2D eigenvalue weighted by molar-refractivity contribution is 0.170. The number of ether oxygens (including phenoxy) is 1. The average Bonchev–Trinajstić information content (AvgIpc) is 2.88. The van der Waals surface area contributed by atoms with Gasteiger partial charge in [0.25, 0.3) is 0 Å².